The van der Waals surface area contributed by atoms with Crippen molar-refractivity contribution < 1.29 is 37.9 Å². The summed E-state index contributed by atoms with van der Waals surface area (Å²) in [7, 11) is 6.90. The molecule has 0 amide bonds. The van der Waals surface area contributed by atoms with Crippen molar-refractivity contribution in [1.29, 1.82) is 0 Å². The second-order valence-electron chi connectivity index (χ2n) is 26.7. The Balaban J connectivity index is 0.875. The Kier molecular flexibility index (Phi) is 21.5. The fourth-order valence-electron chi connectivity index (χ4n) is 15.7. The Hall–Kier alpha value is -9.50. The first-order chi connectivity index (χ1) is 49.7. The van der Waals surface area contributed by atoms with Crippen LogP contribution in [0.5, 0.6) is 0 Å². The van der Waals surface area contributed by atoms with Gasteiger partial charge in [0.25, 0.3) is 0 Å². The van der Waals surface area contributed by atoms with Crippen molar-refractivity contribution in [2.24, 2.45) is 0 Å². The van der Waals surface area contributed by atoms with Gasteiger partial charge in [-0.05, 0) is 198 Å². The van der Waals surface area contributed by atoms with Crippen LogP contribution < -0.4 is 9.80 Å². The number of anilines is 6. The largest absolute Gasteiger partial charge is 0.382 e. The van der Waals surface area contributed by atoms with Gasteiger partial charge in [0, 0.05) is 116 Å². The first-order valence-electron chi connectivity index (χ1n) is 35.6. The minimum Gasteiger partial charge on any atom is -0.382 e. The standard InChI is InChI=1S/C90H91N3O8/c1-64-25-38-76-78-40-36-73(62-84(78)89(82(76)59-64,43-47-98-55-51-94-3)44-48-99-56-52-95-4)91(74-37-41-79-77-39-26-65(2)60-83(77)90(85(79)63-74,45-49-100-57-53-96-5)46-50-101-58-54-97-6)70-30-27-66(28-31-70)68-29-42-88-81(61-68)80-22-14-16-24-87(80)93(88)72-34-32-71(33-35-72)92(69-19-11-8-12-20-69)86-23-15-13-21-75(86)67-17-9-7-10-18-67/h7-42,59-63H,43-58H2,1-6H3. The molecule has 0 unspecified atom stereocenters. The second kappa shape index (κ2) is 31.6. The number of nitrogens with zero attached hydrogens (tertiary/aromatic N) is 3. The lowest BCUT2D eigenvalue weighted by atomic mass is 9.72. The predicted octanol–water partition coefficient (Wildman–Crippen LogP) is 20.4. The maximum atomic E-state index is 6.41. The van der Waals surface area contributed by atoms with Gasteiger partial charge in [-0.2, -0.15) is 0 Å². The summed E-state index contributed by atoms with van der Waals surface area (Å²) in [5, 5.41) is 2.38. The fraction of sp³-hybridized carbons (Fsp3) is 0.267. The average molecular weight is 1340 g/mol. The summed E-state index contributed by atoms with van der Waals surface area (Å²) in [4.78, 5) is 4.84. The quantitative estimate of drug-likeness (QED) is 0.0371. The first-order valence-corrected chi connectivity index (χ1v) is 35.6. The Morgan fingerprint density at radius 2 is 0.693 bits per heavy atom. The molecule has 0 spiro atoms. The highest BCUT2D eigenvalue weighted by molar-refractivity contribution is 6.10. The van der Waals surface area contributed by atoms with E-state index in [4.69, 9.17) is 37.9 Å². The monoisotopic (exact) mass is 1340 g/mol. The summed E-state index contributed by atoms with van der Waals surface area (Å²) in [6.07, 6.45) is 3.05. The zero-order valence-corrected chi connectivity index (χ0v) is 59.1. The van der Waals surface area contributed by atoms with E-state index in [1.54, 1.807) is 28.4 Å². The van der Waals surface area contributed by atoms with Gasteiger partial charge in [0.1, 0.15) is 0 Å². The van der Waals surface area contributed by atoms with Crippen molar-refractivity contribution in [1.82, 2.24) is 4.57 Å². The van der Waals surface area contributed by atoms with Crippen LogP contribution in [-0.4, -0.2) is 112 Å². The van der Waals surface area contributed by atoms with E-state index in [0.29, 0.717) is 79.3 Å². The number of rotatable bonds is 33. The molecule has 12 aromatic rings. The van der Waals surface area contributed by atoms with E-state index in [0.717, 1.165) is 93.2 Å². The second-order valence-corrected chi connectivity index (χ2v) is 26.7. The summed E-state index contributed by atoms with van der Waals surface area (Å²) in [6.45, 7) is 10.8. The molecule has 101 heavy (non-hydrogen) atoms. The van der Waals surface area contributed by atoms with Crippen LogP contribution in [0.3, 0.4) is 0 Å². The maximum Gasteiger partial charge on any atom is 0.0700 e. The molecule has 11 aromatic carbocycles. The summed E-state index contributed by atoms with van der Waals surface area (Å²) in [5.74, 6) is 0. The summed E-state index contributed by atoms with van der Waals surface area (Å²) >= 11 is 0. The molecule has 14 rings (SSSR count). The number of methoxy groups -OCH3 is 4. The van der Waals surface area contributed by atoms with Crippen LogP contribution in [0.25, 0.3) is 72.0 Å². The zero-order valence-electron chi connectivity index (χ0n) is 59.1. The van der Waals surface area contributed by atoms with Gasteiger partial charge in [-0.1, -0.05) is 163 Å². The molecule has 11 nitrogen and oxygen atoms in total. The summed E-state index contributed by atoms with van der Waals surface area (Å²) in [6, 6.07) is 92.2. The van der Waals surface area contributed by atoms with Gasteiger partial charge in [-0.3, -0.25) is 0 Å². The summed E-state index contributed by atoms with van der Waals surface area (Å²) < 4.78 is 49.9. The topological polar surface area (TPSA) is 85.3 Å². The number of fused-ring (bicyclic) bond motifs is 9. The van der Waals surface area contributed by atoms with Crippen LogP contribution in [0.1, 0.15) is 59.1 Å². The minimum absolute atomic E-state index is 0.426. The Morgan fingerprint density at radius 1 is 0.287 bits per heavy atom. The van der Waals surface area contributed by atoms with Crippen LogP contribution in [-0.2, 0) is 48.7 Å². The van der Waals surface area contributed by atoms with E-state index in [1.807, 2.05) is 0 Å². The van der Waals surface area contributed by atoms with Crippen molar-refractivity contribution in [3.8, 4) is 50.2 Å². The zero-order chi connectivity index (χ0) is 69.1. The Bertz CT molecular complexity index is 4620. The fourth-order valence-corrected chi connectivity index (χ4v) is 15.7. The third-order valence-corrected chi connectivity index (χ3v) is 20.7. The van der Waals surface area contributed by atoms with Crippen LogP contribution in [0, 0.1) is 13.8 Å². The molecule has 0 saturated carbocycles. The van der Waals surface area contributed by atoms with Crippen molar-refractivity contribution in [3.63, 3.8) is 0 Å². The van der Waals surface area contributed by atoms with E-state index in [2.05, 4.69) is 277 Å². The number of hydrogen-bond donors (Lipinski definition) is 0. The molecule has 0 N–H and O–H groups in total. The highest BCUT2D eigenvalue weighted by Gasteiger charge is 2.45. The van der Waals surface area contributed by atoms with Crippen LogP contribution in [0.15, 0.2) is 249 Å². The molecule has 514 valence electrons. The van der Waals surface area contributed by atoms with Gasteiger partial charge in [0.2, 0.25) is 0 Å². The lowest BCUT2D eigenvalue weighted by Gasteiger charge is -2.35. The number of para-hydroxylation sites is 3. The molecule has 0 aliphatic heterocycles. The SMILES string of the molecule is COCCOCCC1(CCOCCOC)c2cc(C)ccc2-c2ccc(N(c3ccc(-c4ccc5c(c4)c4ccccc4n5-c4ccc(N(c5ccccc5)c5ccccc5-c5ccccc5)cc4)cc3)c3ccc4c(c3)C(CCOCCOC)(CCOCCOC)c3cc(C)ccc3-4)cc21. The molecule has 0 radical (unpaired) electrons. The van der Waals surface area contributed by atoms with Crippen LogP contribution >= 0.6 is 0 Å². The van der Waals surface area contributed by atoms with Gasteiger partial charge in [0.05, 0.1) is 69.6 Å². The molecule has 2 aliphatic rings. The smallest absolute Gasteiger partial charge is 0.0700 e. The number of ether oxygens (including phenoxy) is 8. The van der Waals surface area contributed by atoms with Crippen molar-refractivity contribution in [2.75, 3.05) is 118 Å². The number of aromatic nitrogens is 1. The van der Waals surface area contributed by atoms with E-state index in [1.165, 1.54) is 72.0 Å². The van der Waals surface area contributed by atoms with Gasteiger partial charge in [-0.25, -0.2) is 0 Å². The van der Waals surface area contributed by atoms with Crippen LogP contribution in [0.4, 0.5) is 34.1 Å². The molecule has 0 saturated heterocycles. The molecule has 1 heterocycles. The maximum absolute atomic E-state index is 6.41. The van der Waals surface area contributed by atoms with Crippen LogP contribution in [0.2, 0.25) is 0 Å². The van der Waals surface area contributed by atoms with E-state index < -0.39 is 10.8 Å². The summed E-state index contributed by atoms with van der Waals surface area (Å²) in [5.41, 5.74) is 26.1. The predicted molar refractivity (Wildman–Crippen MR) is 412 cm³/mol. The normalized spacial score (nSPS) is 13.2. The number of aryl methyl sites for hydroxylation is 2. The molecular weight excluding hydrogens is 1250 g/mol. The van der Waals surface area contributed by atoms with Gasteiger partial charge in [0.15, 0.2) is 0 Å². The molecule has 2 aliphatic carbocycles. The molecule has 0 fully saturated rings. The van der Waals surface area contributed by atoms with Crippen molar-refractivity contribution >= 4 is 55.9 Å². The molecular formula is C90H91N3O8. The lowest BCUT2D eigenvalue weighted by molar-refractivity contribution is 0.0490. The van der Waals surface area contributed by atoms with E-state index in [9.17, 15) is 0 Å². The third-order valence-electron chi connectivity index (χ3n) is 20.7. The van der Waals surface area contributed by atoms with E-state index in [-0.39, 0.29) is 0 Å². The highest BCUT2D eigenvalue weighted by atomic mass is 16.5. The third kappa shape index (κ3) is 13.9. The number of hydrogen-bond acceptors (Lipinski definition) is 10. The Morgan fingerprint density at radius 3 is 1.22 bits per heavy atom. The Labute approximate surface area is 595 Å². The lowest BCUT2D eigenvalue weighted by Crippen LogP contribution is -2.30. The highest BCUT2D eigenvalue weighted by Crippen LogP contribution is 2.57. The first kappa shape index (κ1) is 68.6. The minimum atomic E-state index is -0.426. The number of benzene rings is 11. The van der Waals surface area contributed by atoms with Gasteiger partial charge in [-0.15, -0.1) is 0 Å². The molecule has 11 heteroatoms. The van der Waals surface area contributed by atoms with Gasteiger partial charge < -0.3 is 52.3 Å². The van der Waals surface area contributed by atoms with E-state index >= 15 is 0 Å². The van der Waals surface area contributed by atoms with Crippen molar-refractivity contribution in [3.05, 3.63) is 282 Å². The average Bonchev–Trinajstić information content (AvgIpc) is 1.54. The molecule has 0 bridgehead atoms. The molecule has 1 aromatic heterocycles. The van der Waals surface area contributed by atoms with Gasteiger partial charge >= 0.3 is 0 Å². The molecule has 0 atom stereocenters. The van der Waals surface area contributed by atoms with Crippen molar-refractivity contribution in [2.45, 2.75) is 50.4 Å².